The van der Waals surface area contributed by atoms with Crippen molar-refractivity contribution in [1.29, 1.82) is 0 Å². The topological polar surface area (TPSA) is 59.0 Å². The number of nitrogens with zero attached hydrogens (tertiary/aromatic N) is 2. The summed E-state index contributed by atoms with van der Waals surface area (Å²) in [6, 6.07) is 12.1. The zero-order valence-corrected chi connectivity index (χ0v) is 14.6. The van der Waals surface area contributed by atoms with Crippen LogP contribution in [0.15, 0.2) is 36.4 Å². The lowest BCUT2D eigenvalue weighted by Crippen LogP contribution is -2.28. The van der Waals surface area contributed by atoms with Crippen molar-refractivity contribution in [3.63, 3.8) is 0 Å². The van der Waals surface area contributed by atoms with Crippen LogP contribution < -0.4 is 10.6 Å². The number of rotatable bonds is 6. The quantitative estimate of drug-likeness (QED) is 0.848. The van der Waals surface area contributed by atoms with Gasteiger partial charge in [-0.15, -0.1) is 0 Å². The van der Waals surface area contributed by atoms with Crippen molar-refractivity contribution in [2.75, 3.05) is 18.4 Å². The highest BCUT2D eigenvalue weighted by Gasteiger charge is 2.28. The summed E-state index contributed by atoms with van der Waals surface area (Å²) < 4.78 is 1.87. The molecule has 4 rings (SSSR count). The van der Waals surface area contributed by atoms with E-state index in [0.717, 1.165) is 36.7 Å². The number of carbonyl (C=O) groups excluding carboxylic acids is 1. The third-order valence-electron chi connectivity index (χ3n) is 5.23. The molecule has 1 saturated carbocycles. The number of nitrogens with one attached hydrogen (secondary N) is 2. The van der Waals surface area contributed by atoms with Crippen LogP contribution in [0.3, 0.4) is 0 Å². The van der Waals surface area contributed by atoms with Gasteiger partial charge in [-0.2, -0.15) is 5.10 Å². The van der Waals surface area contributed by atoms with Gasteiger partial charge in [0.25, 0.3) is 0 Å². The summed E-state index contributed by atoms with van der Waals surface area (Å²) in [5.41, 5.74) is 2.08. The van der Waals surface area contributed by atoms with Gasteiger partial charge in [0.05, 0.1) is 11.4 Å². The normalized spacial score (nSPS) is 18.2. The van der Waals surface area contributed by atoms with Gasteiger partial charge in [0.1, 0.15) is 5.82 Å². The van der Waals surface area contributed by atoms with Crippen LogP contribution in [0.2, 0.25) is 0 Å². The number of para-hydroxylation sites is 1. The molecular formula is C20H26N4O. The van der Waals surface area contributed by atoms with Crippen molar-refractivity contribution >= 4 is 11.7 Å². The van der Waals surface area contributed by atoms with Gasteiger partial charge in [-0.25, -0.2) is 4.68 Å². The van der Waals surface area contributed by atoms with E-state index in [-0.39, 0.29) is 5.91 Å². The summed E-state index contributed by atoms with van der Waals surface area (Å²) in [7, 11) is 0. The largest absolute Gasteiger partial charge is 0.317 e. The van der Waals surface area contributed by atoms with Gasteiger partial charge in [-0.3, -0.25) is 4.79 Å². The molecule has 5 heteroatoms. The van der Waals surface area contributed by atoms with E-state index >= 15 is 0 Å². The number of benzene rings is 1. The van der Waals surface area contributed by atoms with Crippen LogP contribution in [0.5, 0.6) is 0 Å². The zero-order chi connectivity index (χ0) is 17.1. The number of aromatic nitrogens is 2. The van der Waals surface area contributed by atoms with Crippen LogP contribution >= 0.6 is 0 Å². The Kier molecular flexibility index (Phi) is 4.83. The van der Waals surface area contributed by atoms with Crippen molar-refractivity contribution in [3.05, 3.63) is 42.1 Å². The number of piperidine rings is 1. The average molecular weight is 338 g/mol. The Morgan fingerprint density at radius 1 is 1.16 bits per heavy atom. The number of hydrogen-bond donors (Lipinski definition) is 2. The molecule has 2 N–H and O–H groups in total. The molecule has 2 heterocycles. The van der Waals surface area contributed by atoms with Crippen molar-refractivity contribution in [3.8, 4) is 5.69 Å². The van der Waals surface area contributed by atoms with Crippen LogP contribution in [-0.2, 0) is 4.79 Å². The van der Waals surface area contributed by atoms with E-state index in [1.54, 1.807) is 0 Å². The summed E-state index contributed by atoms with van der Waals surface area (Å²) >= 11 is 0. The Morgan fingerprint density at radius 3 is 2.64 bits per heavy atom. The minimum absolute atomic E-state index is 0.0953. The van der Waals surface area contributed by atoms with E-state index in [0.29, 0.717) is 18.3 Å². The maximum atomic E-state index is 12.5. The van der Waals surface area contributed by atoms with E-state index < -0.39 is 0 Å². The van der Waals surface area contributed by atoms with Crippen LogP contribution in [0.4, 0.5) is 5.82 Å². The second-order valence-corrected chi connectivity index (χ2v) is 7.26. The average Bonchev–Trinajstić information content (AvgIpc) is 3.43. The van der Waals surface area contributed by atoms with Gasteiger partial charge < -0.3 is 10.6 Å². The number of amides is 1. The Hall–Kier alpha value is -2.14. The van der Waals surface area contributed by atoms with Crippen LogP contribution in [0.25, 0.3) is 5.69 Å². The van der Waals surface area contributed by atoms with E-state index in [2.05, 4.69) is 10.6 Å². The van der Waals surface area contributed by atoms with Crippen molar-refractivity contribution in [1.82, 2.24) is 15.1 Å². The monoisotopic (exact) mass is 338 g/mol. The first kappa shape index (κ1) is 16.3. The zero-order valence-electron chi connectivity index (χ0n) is 14.6. The molecule has 0 unspecified atom stereocenters. The molecule has 1 aromatic heterocycles. The summed E-state index contributed by atoms with van der Waals surface area (Å²) in [5, 5.41) is 11.2. The Morgan fingerprint density at radius 2 is 1.92 bits per heavy atom. The Balaban J connectivity index is 1.44. The molecule has 25 heavy (non-hydrogen) atoms. The lowest BCUT2D eigenvalue weighted by molar-refractivity contribution is -0.116. The number of hydrogen-bond acceptors (Lipinski definition) is 3. The Bertz CT molecular complexity index is 715. The predicted molar refractivity (Wildman–Crippen MR) is 99.0 cm³/mol. The van der Waals surface area contributed by atoms with E-state index in [1.165, 1.54) is 25.7 Å². The summed E-state index contributed by atoms with van der Waals surface area (Å²) in [5.74, 6) is 2.13. The van der Waals surface area contributed by atoms with Gasteiger partial charge in [-0.05, 0) is 63.2 Å². The molecule has 1 aromatic carbocycles. The van der Waals surface area contributed by atoms with Crippen molar-refractivity contribution in [2.45, 2.75) is 44.4 Å². The first-order valence-electron chi connectivity index (χ1n) is 9.45. The molecule has 0 radical (unpaired) electrons. The smallest absolute Gasteiger partial charge is 0.225 e. The van der Waals surface area contributed by atoms with Crippen LogP contribution in [-0.4, -0.2) is 28.8 Å². The lowest BCUT2D eigenvalue weighted by atomic mass is 9.93. The molecule has 132 valence electrons. The highest BCUT2D eigenvalue weighted by molar-refractivity contribution is 5.90. The molecule has 1 saturated heterocycles. The minimum Gasteiger partial charge on any atom is -0.317 e. The molecule has 2 aromatic rings. The molecule has 5 nitrogen and oxygen atoms in total. The van der Waals surface area contributed by atoms with Gasteiger partial charge in [0, 0.05) is 18.4 Å². The standard InChI is InChI=1S/C20H26N4O/c25-20(9-6-15-10-12-21-13-11-15)22-19-14-18(16-7-8-16)23-24(19)17-4-2-1-3-5-17/h1-5,14-16,21H,6-13H2,(H,22,25). The fourth-order valence-corrected chi connectivity index (χ4v) is 3.54. The second-order valence-electron chi connectivity index (χ2n) is 7.26. The van der Waals surface area contributed by atoms with Crippen LogP contribution in [0.1, 0.15) is 50.1 Å². The molecule has 0 spiro atoms. The predicted octanol–water partition coefficient (Wildman–Crippen LogP) is 3.47. The number of anilines is 1. The van der Waals surface area contributed by atoms with Gasteiger partial charge in [0.15, 0.2) is 0 Å². The van der Waals surface area contributed by atoms with Gasteiger partial charge in [0.2, 0.25) is 5.91 Å². The third-order valence-corrected chi connectivity index (χ3v) is 5.23. The first-order valence-corrected chi connectivity index (χ1v) is 9.45. The van der Waals surface area contributed by atoms with E-state index in [4.69, 9.17) is 5.10 Å². The lowest BCUT2D eigenvalue weighted by Gasteiger charge is -2.22. The van der Waals surface area contributed by atoms with Gasteiger partial charge in [-0.1, -0.05) is 18.2 Å². The molecule has 2 aliphatic rings. The summed E-state index contributed by atoms with van der Waals surface area (Å²) in [6.07, 6.45) is 6.33. The third kappa shape index (κ3) is 4.10. The maximum Gasteiger partial charge on any atom is 0.225 e. The highest BCUT2D eigenvalue weighted by Crippen LogP contribution is 2.40. The highest BCUT2D eigenvalue weighted by atomic mass is 16.1. The molecule has 0 atom stereocenters. The van der Waals surface area contributed by atoms with E-state index in [1.807, 2.05) is 41.1 Å². The second kappa shape index (κ2) is 7.40. The molecule has 2 fully saturated rings. The number of carbonyl (C=O) groups is 1. The first-order chi connectivity index (χ1) is 12.3. The van der Waals surface area contributed by atoms with Crippen molar-refractivity contribution in [2.24, 2.45) is 5.92 Å². The van der Waals surface area contributed by atoms with Crippen molar-refractivity contribution < 1.29 is 4.79 Å². The maximum absolute atomic E-state index is 12.5. The SMILES string of the molecule is O=C(CCC1CCNCC1)Nc1cc(C2CC2)nn1-c1ccccc1. The van der Waals surface area contributed by atoms with Crippen LogP contribution in [0, 0.1) is 5.92 Å². The summed E-state index contributed by atoms with van der Waals surface area (Å²) in [4.78, 5) is 12.5. The fraction of sp³-hybridized carbons (Fsp3) is 0.500. The van der Waals surface area contributed by atoms with Gasteiger partial charge >= 0.3 is 0 Å². The van der Waals surface area contributed by atoms with E-state index in [9.17, 15) is 4.79 Å². The molecule has 1 aliphatic heterocycles. The summed E-state index contributed by atoms with van der Waals surface area (Å²) in [6.45, 7) is 2.16. The molecule has 0 bridgehead atoms. The molecular weight excluding hydrogens is 312 g/mol. The molecule has 1 aliphatic carbocycles. The Labute approximate surface area is 148 Å². The minimum atomic E-state index is 0.0953. The fourth-order valence-electron chi connectivity index (χ4n) is 3.54. The molecule has 1 amide bonds.